The topological polar surface area (TPSA) is 9.23 Å². The van der Waals surface area contributed by atoms with E-state index in [0.717, 1.165) is 5.75 Å². The SMILES string of the molecule is COSCCCl. The number of alkyl halides is 1. The molecule has 0 fully saturated rings. The normalized spacial score (nSPS) is 9.00. The largest absolute Gasteiger partial charge is 0.319 e. The number of hydrogen-bond donors (Lipinski definition) is 0. The van der Waals surface area contributed by atoms with Crippen LogP contribution in [0.2, 0.25) is 0 Å². The highest BCUT2D eigenvalue weighted by Crippen LogP contribution is 1.97. The predicted octanol–water partition coefficient (Wildman–Crippen LogP) is 1.52. The van der Waals surface area contributed by atoms with Crippen LogP contribution in [0.3, 0.4) is 0 Å². The molecule has 0 atom stereocenters. The molecule has 0 spiro atoms. The Morgan fingerprint density at radius 1 is 1.83 bits per heavy atom. The number of rotatable bonds is 3. The van der Waals surface area contributed by atoms with Gasteiger partial charge in [-0.05, 0) is 12.0 Å². The molecule has 0 saturated heterocycles. The lowest BCUT2D eigenvalue weighted by atomic mass is 11.0. The third kappa shape index (κ3) is 4.60. The minimum atomic E-state index is 0.665. The zero-order chi connectivity index (χ0) is 4.83. The fraction of sp³-hybridized carbons (Fsp3) is 1.00. The van der Waals surface area contributed by atoms with Crippen LogP contribution in [0.15, 0.2) is 0 Å². The molecule has 0 aromatic carbocycles. The lowest BCUT2D eigenvalue weighted by molar-refractivity contribution is 0.490. The molecular weight excluding hydrogens is 120 g/mol. The van der Waals surface area contributed by atoms with E-state index in [0.29, 0.717) is 5.88 Å². The summed E-state index contributed by atoms with van der Waals surface area (Å²) in [5, 5.41) is 0. The number of hydrogen-bond acceptors (Lipinski definition) is 2. The molecule has 0 aromatic rings. The summed E-state index contributed by atoms with van der Waals surface area (Å²) in [7, 11) is 1.64. The van der Waals surface area contributed by atoms with Crippen molar-refractivity contribution in [1.29, 1.82) is 0 Å². The van der Waals surface area contributed by atoms with Crippen molar-refractivity contribution < 1.29 is 4.18 Å². The average Bonchev–Trinajstić information content (AvgIpc) is 1.61. The lowest BCUT2D eigenvalue weighted by Gasteiger charge is -1.86. The molecule has 0 aliphatic heterocycles. The molecule has 0 aliphatic rings. The summed E-state index contributed by atoms with van der Waals surface area (Å²) in [5.74, 6) is 1.54. The maximum absolute atomic E-state index is 5.28. The fourth-order valence-corrected chi connectivity index (χ4v) is 0.533. The van der Waals surface area contributed by atoms with Crippen LogP contribution >= 0.6 is 23.6 Å². The van der Waals surface area contributed by atoms with E-state index < -0.39 is 0 Å². The van der Waals surface area contributed by atoms with Gasteiger partial charge in [0.1, 0.15) is 0 Å². The summed E-state index contributed by atoms with van der Waals surface area (Å²) < 4.78 is 4.61. The highest BCUT2D eigenvalue weighted by molar-refractivity contribution is 7.94. The first kappa shape index (κ1) is 6.60. The molecule has 0 aliphatic carbocycles. The molecule has 0 aromatic heterocycles. The van der Waals surface area contributed by atoms with Gasteiger partial charge in [0.2, 0.25) is 0 Å². The van der Waals surface area contributed by atoms with Crippen LogP contribution in [-0.4, -0.2) is 18.7 Å². The van der Waals surface area contributed by atoms with Crippen molar-refractivity contribution in [2.75, 3.05) is 18.7 Å². The highest BCUT2D eigenvalue weighted by Gasteiger charge is 1.77. The zero-order valence-corrected chi connectivity index (χ0v) is 5.18. The molecule has 6 heavy (non-hydrogen) atoms. The van der Waals surface area contributed by atoms with Crippen LogP contribution in [0.1, 0.15) is 0 Å². The van der Waals surface area contributed by atoms with Gasteiger partial charge in [0.15, 0.2) is 0 Å². The Labute approximate surface area is 47.2 Å². The monoisotopic (exact) mass is 126 g/mol. The second-order valence-electron chi connectivity index (χ2n) is 0.678. The van der Waals surface area contributed by atoms with Crippen LogP contribution < -0.4 is 0 Å². The average molecular weight is 127 g/mol. The molecule has 0 saturated carbocycles. The first-order chi connectivity index (χ1) is 2.91. The molecule has 0 bridgehead atoms. The Kier molecular flexibility index (Phi) is 6.16. The highest BCUT2D eigenvalue weighted by atomic mass is 35.5. The van der Waals surface area contributed by atoms with Gasteiger partial charge in [-0.25, -0.2) is 0 Å². The summed E-state index contributed by atoms with van der Waals surface area (Å²) in [5.41, 5.74) is 0. The molecule has 0 amide bonds. The molecule has 3 heteroatoms. The van der Waals surface area contributed by atoms with Crippen LogP contribution in [0.25, 0.3) is 0 Å². The van der Waals surface area contributed by atoms with Crippen molar-refractivity contribution in [1.82, 2.24) is 0 Å². The Hall–Kier alpha value is 0.600. The van der Waals surface area contributed by atoms with Gasteiger partial charge in [-0.2, -0.15) is 0 Å². The zero-order valence-electron chi connectivity index (χ0n) is 3.61. The van der Waals surface area contributed by atoms with E-state index in [-0.39, 0.29) is 0 Å². The summed E-state index contributed by atoms with van der Waals surface area (Å²) in [6.07, 6.45) is 0. The standard InChI is InChI=1S/C3H7ClOS/c1-5-6-3-2-4/h2-3H2,1H3. The van der Waals surface area contributed by atoms with Gasteiger partial charge in [0, 0.05) is 11.6 Å². The molecule has 0 rings (SSSR count). The van der Waals surface area contributed by atoms with E-state index in [1.165, 1.54) is 12.0 Å². The van der Waals surface area contributed by atoms with E-state index in [1.807, 2.05) is 0 Å². The molecule has 0 unspecified atom stereocenters. The molecule has 38 valence electrons. The van der Waals surface area contributed by atoms with E-state index in [4.69, 9.17) is 11.6 Å². The summed E-state index contributed by atoms with van der Waals surface area (Å²) >= 11 is 6.66. The lowest BCUT2D eigenvalue weighted by Crippen LogP contribution is -1.76. The minimum Gasteiger partial charge on any atom is -0.319 e. The Morgan fingerprint density at radius 3 is 2.67 bits per heavy atom. The minimum absolute atomic E-state index is 0.665. The van der Waals surface area contributed by atoms with Crippen LogP contribution in [0.4, 0.5) is 0 Å². The van der Waals surface area contributed by atoms with Crippen LogP contribution in [0, 0.1) is 0 Å². The van der Waals surface area contributed by atoms with Crippen LogP contribution in [0.5, 0.6) is 0 Å². The van der Waals surface area contributed by atoms with Gasteiger partial charge in [-0.3, -0.25) is 0 Å². The Balaban J connectivity index is 2.34. The summed E-state index contributed by atoms with van der Waals surface area (Å²) in [6.45, 7) is 0. The van der Waals surface area contributed by atoms with Crippen molar-refractivity contribution >= 4 is 23.6 Å². The smallest absolute Gasteiger partial charge is 0.0503 e. The summed E-state index contributed by atoms with van der Waals surface area (Å²) in [6, 6.07) is 0. The quantitative estimate of drug-likeness (QED) is 0.322. The number of halogens is 1. The van der Waals surface area contributed by atoms with E-state index in [9.17, 15) is 0 Å². The van der Waals surface area contributed by atoms with Crippen LogP contribution in [-0.2, 0) is 4.18 Å². The Morgan fingerprint density at radius 2 is 2.50 bits per heavy atom. The first-order valence-corrected chi connectivity index (χ1v) is 3.08. The van der Waals surface area contributed by atoms with E-state index in [2.05, 4.69) is 4.18 Å². The van der Waals surface area contributed by atoms with Gasteiger partial charge < -0.3 is 4.18 Å². The van der Waals surface area contributed by atoms with E-state index >= 15 is 0 Å². The van der Waals surface area contributed by atoms with Gasteiger partial charge >= 0.3 is 0 Å². The maximum atomic E-state index is 5.28. The van der Waals surface area contributed by atoms with Crippen molar-refractivity contribution in [2.24, 2.45) is 0 Å². The maximum Gasteiger partial charge on any atom is 0.0503 e. The second-order valence-corrected chi connectivity index (χ2v) is 2.03. The molecule has 0 radical (unpaired) electrons. The van der Waals surface area contributed by atoms with Crippen molar-refractivity contribution in [3.63, 3.8) is 0 Å². The second kappa shape index (κ2) is 5.60. The van der Waals surface area contributed by atoms with Crippen molar-refractivity contribution in [3.05, 3.63) is 0 Å². The fourth-order valence-electron chi connectivity index (χ4n) is 0.115. The van der Waals surface area contributed by atoms with E-state index in [1.54, 1.807) is 7.11 Å². The van der Waals surface area contributed by atoms with Gasteiger partial charge in [0.25, 0.3) is 0 Å². The molecule has 0 N–H and O–H groups in total. The Bertz CT molecular complexity index is 22.8. The van der Waals surface area contributed by atoms with Gasteiger partial charge in [-0.15, -0.1) is 11.6 Å². The predicted molar refractivity (Wildman–Crippen MR) is 30.2 cm³/mol. The summed E-state index contributed by atoms with van der Waals surface area (Å²) in [4.78, 5) is 0. The molecule has 0 heterocycles. The van der Waals surface area contributed by atoms with Crippen molar-refractivity contribution in [3.8, 4) is 0 Å². The molecular formula is C3H7ClOS. The third-order valence-electron chi connectivity index (χ3n) is 0.278. The molecule has 1 nitrogen and oxygen atoms in total. The van der Waals surface area contributed by atoms with Gasteiger partial charge in [-0.1, -0.05) is 0 Å². The van der Waals surface area contributed by atoms with Gasteiger partial charge in [0.05, 0.1) is 7.11 Å². The third-order valence-corrected chi connectivity index (χ3v) is 1.30. The van der Waals surface area contributed by atoms with Crippen molar-refractivity contribution in [2.45, 2.75) is 0 Å². The first-order valence-electron chi connectivity index (χ1n) is 1.63.